The summed E-state index contributed by atoms with van der Waals surface area (Å²) in [5, 5.41) is 6.60. The minimum atomic E-state index is 0.283. The molecular weight excluding hydrogens is 328 g/mol. The number of nitrogens with zero attached hydrogens (tertiary/aromatic N) is 2. The van der Waals surface area contributed by atoms with Gasteiger partial charge in [0.1, 0.15) is 5.82 Å². The monoisotopic (exact) mass is 348 g/mol. The van der Waals surface area contributed by atoms with E-state index in [0.29, 0.717) is 12.5 Å². The van der Waals surface area contributed by atoms with E-state index in [1.165, 1.54) is 11.1 Å². The van der Waals surface area contributed by atoms with Gasteiger partial charge < -0.3 is 20.1 Å². The Bertz CT molecular complexity index is 943. The van der Waals surface area contributed by atoms with Gasteiger partial charge in [-0.2, -0.15) is 4.98 Å². The van der Waals surface area contributed by atoms with Crippen molar-refractivity contribution in [1.29, 1.82) is 0 Å². The Morgan fingerprint density at radius 3 is 2.85 bits per heavy atom. The van der Waals surface area contributed by atoms with Crippen LogP contribution in [0, 0.1) is 13.8 Å². The number of aromatic nitrogens is 2. The van der Waals surface area contributed by atoms with Gasteiger partial charge in [-0.1, -0.05) is 18.2 Å². The smallest absolute Gasteiger partial charge is 0.231 e. The summed E-state index contributed by atoms with van der Waals surface area (Å²) in [6.07, 6.45) is 1.74. The average molecular weight is 348 g/mol. The van der Waals surface area contributed by atoms with Crippen molar-refractivity contribution in [2.24, 2.45) is 0 Å². The number of aryl methyl sites for hydroxylation is 1. The zero-order valence-electron chi connectivity index (χ0n) is 14.7. The second-order valence-corrected chi connectivity index (χ2v) is 6.18. The lowest BCUT2D eigenvalue weighted by Gasteiger charge is -2.11. The van der Waals surface area contributed by atoms with E-state index < -0.39 is 0 Å². The standard InChI is InChI=1S/C20H20N4O2/c1-13-4-3-5-16(14(13)2)23-20-21-9-8-19(24-20)22-11-15-6-7-17-18(10-15)26-12-25-17/h3-10H,11-12H2,1-2H3,(H2,21,22,23,24). The largest absolute Gasteiger partial charge is 0.454 e. The summed E-state index contributed by atoms with van der Waals surface area (Å²) >= 11 is 0. The number of hydrogen-bond acceptors (Lipinski definition) is 6. The highest BCUT2D eigenvalue weighted by atomic mass is 16.7. The van der Waals surface area contributed by atoms with Crippen LogP contribution in [-0.2, 0) is 6.54 Å². The maximum atomic E-state index is 5.41. The van der Waals surface area contributed by atoms with Gasteiger partial charge in [0.05, 0.1) is 0 Å². The Morgan fingerprint density at radius 1 is 1.04 bits per heavy atom. The van der Waals surface area contributed by atoms with Crippen LogP contribution in [0.15, 0.2) is 48.7 Å². The molecule has 0 radical (unpaired) electrons. The highest BCUT2D eigenvalue weighted by Crippen LogP contribution is 2.32. The highest BCUT2D eigenvalue weighted by Gasteiger charge is 2.13. The van der Waals surface area contributed by atoms with Gasteiger partial charge in [0, 0.05) is 18.4 Å². The number of rotatable bonds is 5. The number of benzene rings is 2. The molecule has 2 aromatic carbocycles. The third kappa shape index (κ3) is 3.39. The van der Waals surface area contributed by atoms with Crippen LogP contribution in [0.2, 0.25) is 0 Å². The molecule has 0 aliphatic carbocycles. The molecule has 132 valence electrons. The van der Waals surface area contributed by atoms with Crippen molar-refractivity contribution in [1.82, 2.24) is 9.97 Å². The van der Waals surface area contributed by atoms with E-state index in [1.807, 2.05) is 36.4 Å². The quantitative estimate of drug-likeness (QED) is 0.721. The Kier molecular flexibility index (Phi) is 4.31. The zero-order valence-corrected chi connectivity index (χ0v) is 14.7. The highest BCUT2D eigenvalue weighted by molar-refractivity contribution is 5.60. The van der Waals surface area contributed by atoms with E-state index in [4.69, 9.17) is 9.47 Å². The fraction of sp³-hybridized carbons (Fsp3) is 0.200. The van der Waals surface area contributed by atoms with Crippen LogP contribution in [0.5, 0.6) is 11.5 Å². The normalized spacial score (nSPS) is 12.1. The number of hydrogen-bond donors (Lipinski definition) is 2. The first kappa shape index (κ1) is 16.2. The molecule has 0 fully saturated rings. The third-order valence-electron chi connectivity index (χ3n) is 4.42. The van der Waals surface area contributed by atoms with Crippen LogP contribution in [0.25, 0.3) is 0 Å². The molecule has 0 amide bonds. The average Bonchev–Trinajstić information content (AvgIpc) is 3.12. The van der Waals surface area contributed by atoms with Gasteiger partial charge in [-0.3, -0.25) is 0 Å². The molecule has 0 bridgehead atoms. The van der Waals surface area contributed by atoms with E-state index in [1.54, 1.807) is 6.20 Å². The molecule has 6 nitrogen and oxygen atoms in total. The van der Waals surface area contributed by atoms with Gasteiger partial charge in [0.15, 0.2) is 11.5 Å². The van der Waals surface area contributed by atoms with Crippen LogP contribution in [0.4, 0.5) is 17.5 Å². The van der Waals surface area contributed by atoms with Crippen LogP contribution in [0.3, 0.4) is 0 Å². The second kappa shape index (κ2) is 6.92. The van der Waals surface area contributed by atoms with Crippen LogP contribution in [0.1, 0.15) is 16.7 Å². The van der Waals surface area contributed by atoms with Crippen molar-refractivity contribution in [3.63, 3.8) is 0 Å². The maximum absolute atomic E-state index is 5.41. The molecule has 0 atom stereocenters. The summed E-state index contributed by atoms with van der Waals surface area (Å²) in [6.45, 7) is 5.09. The number of ether oxygens (including phenoxy) is 2. The summed E-state index contributed by atoms with van der Waals surface area (Å²) in [5.74, 6) is 2.89. The molecule has 0 unspecified atom stereocenters. The lowest BCUT2D eigenvalue weighted by Crippen LogP contribution is -2.05. The number of nitrogens with one attached hydrogen (secondary N) is 2. The molecule has 6 heteroatoms. The first-order chi connectivity index (χ1) is 12.7. The van der Waals surface area contributed by atoms with E-state index in [-0.39, 0.29) is 6.79 Å². The molecule has 2 heterocycles. The zero-order chi connectivity index (χ0) is 17.9. The molecular formula is C20H20N4O2. The molecule has 3 aromatic rings. The van der Waals surface area contributed by atoms with Crippen LogP contribution in [-0.4, -0.2) is 16.8 Å². The third-order valence-corrected chi connectivity index (χ3v) is 4.42. The van der Waals surface area contributed by atoms with E-state index in [2.05, 4.69) is 40.5 Å². The minimum absolute atomic E-state index is 0.283. The van der Waals surface area contributed by atoms with Gasteiger partial charge in [0.25, 0.3) is 0 Å². The SMILES string of the molecule is Cc1cccc(Nc2nccc(NCc3ccc4c(c3)OCO4)n2)c1C. The summed E-state index contributed by atoms with van der Waals surface area (Å²) < 4.78 is 10.7. The lowest BCUT2D eigenvalue weighted by molar-refractivity contribution is 0.174. The van der Waals surface area contributed by atoms with E-state index >= 15 is 0 Å². The lowest BCUT2D eigenvalue weighted by atomic mass is 10.1. The Hall–Kier alpha value is -3.28. The maximum Gasteiger partial charge on any atom is 0.231 e. The van der Waals surface area contributed by atoms with Crippen molar-refractivity contribution < 1.29 is 9.47 Å². The first-order valence-electron chi connectivity index (χ1n) is 8.48. The molecule has 1 aromatic heterocycles. The predicted octanol–water partition coefficient (Wildman–Crippen LogP) is 4.18. The fourth-order valence-corrected chi connectivity index (χ4v) is 2.77. The molecule has 1 aliphatic heterocycles. The van der Waals surface area contributed by atoms with Crippen LogP contribution < -0.4 is 20.1 Å². The molecule has 0 saturated heterocycles. The van der Waals surface area contributed by atoms with Crippen molar-refractivity contribution in [2.75, 3.05) is 17.4 Å². The van der Waals surface area contributed by atoms with Gasteiger partial charge in [0.2, 0.25) is 12.7 Å². The molecule has 0 saturated carbocycles. The van der Waals surface area contributed by atoms with Crippen molar-refractivity contribution in [3.05, 3.63) is 65.4 Å². The Labute approximate surface area is 152 Å². The summed E-state index contributed by atoms with van der Waals surface area (Å²) in [4.78, 5) is 8.85. The molecule has 26 heavy (non-hydrogen) atoms. The Morgan fingerprint density at radius 2 is 1.92 bits per heavy atom. The predicted molar refractivity (Wildman–Crippen MR) is 101 cm³/mol. The molecule has 1 aliphatic rings. The van der Waals surface area contributed by atoms with Gasteiger partial charge >= 0.3 is 0 Å². The van der Waals surface area contributed by atoms with Gasteiger partial charge in [-0.25, -0.2) is 4.98 Å². The molecule has 0 spiro atoms. The van der Waals surface area contributed by atoms with Crippen LogP contribution >= 0.6 is 0 Å². The van der Waals surface area contributed by atoms with Gasteiger partial charge in [-0.15, -0.1) is 0 Å². The molecule has 2 N–H and O–H groups in total. The van der Waals surface area contributed by atoms with Gasteiger partial charge in [-0.05, 0) is 54.8 Å². The minimum Gasteiger partial charge on any atom is -0.454 e. The summed E-state index contributed by atoms with van der Waals surface area (Å²) in [7, 11) is 0. The molecule has 4 rings (SSSR count). The fourth-order valence-electron chi connectivity index (χ4n) is 2.77. The summed E-state index contributed by atoms with van der Waals surface area (Å²) in [5.41, 5.74) is 4.52. The Balaban J connectivity index is 1.45. The van der Waals surface area contributed by atoms with Crippen molar-refractivity contribution in [3.8, 4) is 11.5 Å². The number of anilines is 3. The topological polar surface area (TPSA) is 68.3 Å². The van der Waals surface area contributed by atoms with E-state index in [0.717, 1.165) is 28.6 Å². The second-order valence-electron chi connectivity index (χ2n) is 6.18. The van der Waals surface area contributed by atoms with E-state index in [9.17, 15) is 0 Å². The first-order valence-corrected chi connectivity index (χ1v) is 8.48. The van der Waals surface area contributed by atoms with Crippen molar-refractivity contribution in [2.45, 2.75) is 20.4 Å². The van der Waals surface area contributed by atoms with Crippen molar-refractivity contribution >= 4 is 17.5 Å². The number of fused-ring (bicyclic) bond motifs is 1. The summed E-state index contributed by atoms with van der Waals surface area (Å²) in [6, 6.07) is 13.9.